The molecule has 0 radical (unpaired) electrons. The van der Waals surface area contributed by atoms with Crippen LogP contribution in [0.25, 0.3) is 0 Å². The number of amides is 3. The van der Waals surface area contributed by atoms with E-state index in [9.17, 15) is 19.2 Å². The number of hydroxylamine groups is 2. The average Bonchev–Trinajstić information content (AvgIpc) is 3.06. The molecule has 0 spiro atoms. The van der Waals surface area contributed by atoms with Gasteiger partial charge in [-0.25, -0.2) is 9.18 Å². The summed E-state index contributed by atoms with van der Waals surface area (Å²) in [4.78, 5) is 31.8. The molecule has 43 heavy (non-hydrogen) atoms. The van der Waals surface area contributed by atoms with Crippen molar-refractivity contribution in [1.29, 1.82) is 0 Å². The molecule has 1 saturated heterocycles. The molecule has 2 N–H and O–H groups in total. The van der Waals surface area contributed by atoms with Gasteiger partial charge in [0, 0.05) is 43.6 Å². The van der Waals surface area contributed by atoms with E-state index in [1.54, 1.807) is 0 Å². The predicted molar refractivity (Wildman–Crippen MR) is 162 cm³/mol. The summed E-state index contributed by atoms with van der Waals surface area (Å²) in [5.41, 5.74) is 2.01. The van der Waals surface area contributed by atoms with Gasteiger partial charge in [0.15, 0.2) is 6.17 Å². The van der Waals surface area contributed by atoms with Crippen LogP contribution >= 0.6 is 0 Å². The van der Waals surface area contributed by atoms with E-state index in [0.29, 0.717) is 38.4 Å². The number of urea groups is 1. The number of anilines is 2. The van der Waals surface area contributed by atoms with Crippen LogP contribution in [0.2, 0.25) is 0 Å². The van der Waals surface area contributed by atoms with Crippen LogP contribution in [0.5, 0.6) is 0 Å². The minimum absolute atomic E-state index is 0.0415. The first-order valence-electron chi connectivity index (χ1n) is 15.8. The Morgan fingerprint density at radius 3 is 2.30 bits per heavy atom. The van der Waals surface area contributed by atoms with Crippen molar-refractivity contribution in [3.8, 4) is 0 Å². The molecule has 2 atom stereocenters. The van der Waals surface area contributed by atoms with Crippen molar-refractivity contribution in [3.63, 3.8) is 0 Å². The van der Waals surface area contributed by atoms with Gasteiger partial charge in [-0.3, -0.25) is 9.69 Å². The molecule has 4 aliphatic carbocycles. The third kappa shape index (κ3) is 5.90. The molecule has 10 heteroatoms. The molecule has 230 valence electrons. The van der Waals surface area contributed by atoms with Gasteiger partial charge in [0.2, 0.25) is 0 Å². The molecule has 2 aromatic carbocycles. The molecule has 8 rings (SSSR count). The third-order valence-corrected chi connectivity index (χ3v) is 10.5. The minimum Gasteiger partial charge on any atom is -0.783 e. The van der Waals surface area contributed by atoms with Gasteiger partial charge >= 0.3 is 6.03 Å². The van der Waals surface area contributed by atoms with Crippen molar-refractivity contribution in [2.75, 3.05) is 49.6 Å². The van der Waals surface area contributed by atoms with Crippen molar-refractivity contribution in [1.82, 2.24) is 15.3 Å². The normalized spacial score (nSPS) is 32.4. The number of fused-ring (bicyclic) bond motifs is 1. The van der Waals surface area contributed by atoms with Crippen molar-refractivity contribution in [3.05, 3.63) is 65.1 Å². The Morgan fingerprint density at radius 1 is 0.977 bits per heavy atom. The van der Waals surface area contributed by atoms with Gasteiger partial charge in [-0.15, -0.1) is 0 Å². The standard InChI is InChI=1S/C33H41FN5O4/c34-25-5-7-26(8-6-25)35-32(41)36-30-31(40)38(21-33-18-22-15-23(19-33)17-24(16-22)20-33)28-4-2-1-3-27(28)29(39(30)42)9-10-37-11-13-43-14-12-37/h1-8,22-24,29-30H,9-21H2,(H2,35,36,41)/q-1. The van der Waals surface area contributed by atoms with Crippen molar-refractivity contribution in [2.45, 2.75) is 57.2 Å². The Morgan fingerprint density at radius 2 is 1.63 bits per heavy atom. The largest absolute Gasteiger partial charge is 0.783 e. The molecule has 4 saturated carbocycles. The van der Waals surface area contributed by atoms with E-state index in [-0.39, 0.29) is 5.41 Å². The third-order valence-electron chi connectivity index (χ3n) is 10.5. The number of rotatable bonds is 7. The zero-order valence-electron chi connectivity index (χ0n) is 24.6. The van der Waals surface area contributed by atoms with Crippen LogP contribution in [-0.2, 0) is 9.53 Å². The number of nitrogens with one attached hydrogen (secondary N) is 2. The highest BCUT2D eigenvalue weighted by molar-refractivity contribution is 6.01. The molecule has 4 bridgehead atoms. The predicted octanol–water partition coefficient (Wildman–Crippen LogP) is 5.10. The highest BCUT2D eigenvalue weighted by atomic mass is 19.1. The van der Waals surface area contributed by atoms with Crippen molar-refractivity contribution >= 4 is 23.3 Å². The van der Waals surface area contributed by atoms with E-state index in [0.717, 1.165) is 66.4 Å². The molecule has 2 aromatic rings. The number of hydrogen-bond donors (Lipinski definition) is 2. The van der Waals surface area contributed by atoms with E-state index in [2.05, 4.69) is 15.5 Å². The van der Waals surface area contributed by atoms with Gasteiger partial charge in [0.1, 0.15) is 5.82 Å². The summed E-state index contributed by atoms with van der Waals surface area (Å²) in [6.07, 6.45) is 6.37. The number of para-hydroxylation sites is 1. The Kier molecular flexibility index (Phi) is 7.88. The number of nitrogens with zero attached hydrogens (tertiary/aromatic N) is 3. The summed E-state index contributed by atoms with van der Waals surface area (Å²) in [6, 6.07) is 11.9. The molecule has 2 aliphatic heterocycles. The lowest BCUT2D eigenvalue weighted by molar-refractivity contribution is -0.125. The second kappa shape index (κ2) is 11.8. The first kappa shape index (κ1) is 28.7. The summed E-state index contributed by atoms with van der Waals surface area (Å²) >= 11 is 0. The lowest BCUT2D eigenvalue weighted by Crippen LogP contribution is -2.59. The SMILES string of the molecule is O=C(Nc1ccc(F)cc1)NC1C(=O)N(CC23CC4CC(CC(C4)C2)C3)c2ccccc2C(CCN2CCOCC2)N1[O-]. The van der Waals surface area contributed by atoms with Gasteiger partial charge in [-0.1, -0.05) is 18.2 Å². The van der Waals surface area contributed by atoms with E-state index >= 15 is 0 Å². The summed E-state index contributed by atoms with van der Waals surface area (Å²) in [5.74, 6) is 1.34. The maximum atomic E-state index is 14.5. The molecule has 3 amide bonds. The molecule has 2 heterocycles. The topological polar surface area (TPSA) is 100 Å². The van der Waals surface area contributed by atoms with Crippen LogP contribution in [0, 0.1) is 34.2 Å². The van der Waals surface area contributed by atoms with Crippen LogP contribution in [0.1, 0.15) is 56.6 Å². The number of hydrogen-bond acceptors (Lipinski definition) is 6. The van der Waals surface area contributed by atoms with E-state index < -0.39 is 30.0 Å². The first-order valence-corrected chi connectivity index (χ1v) is 15.8. The molecular formula is C33H41FN5O4-. The van der Waals surface area contributed by atoms with Crippen molar-refractivity contribution in [2.24, 2.45) is 23.2 Å². The number of ether oxygens (including phenoxy) is 1. The molecule has 5 fully saturated rings. The van der Waals surface area contributed by atoms with E-state index in [4.69, 9.17) is 4.74 Å². The zero-order chi connectivity index (χ0) is 29.6. The quantitative estimate of drug-likeness (QED) is 0.466. The van der Waals surface area contributed by atoms with Crippen molar-refractivity contribution < 1.29 is 18.7 Å². The average molecular weight is 591 g/mol. The summed E-state index contributed by atoms with van der Waals surface area (Å²) in [6.45, 7) is 4.16. The van der Waals surface area contributed by atoms with Gasteiger partial charge in [0.25, 0.3) is 5.91 Å². The number of carbonyl (C=O) groups excluding carboxylic acids is 2. The molecule has 0 aromatic heterocycles. The highest BCUT2D eigenvalue weighted by Gasteiger charge is 2.52. The van der Waals surface area contributed by atoms with Crippen LogP contribution < -0.4 is 15.5 Å². The Labute approximate surface area is 252 Å². The Balaban J connectivity index is 1.20. The number of carbonyl (C=O) groups is 2. The smallest absolute Gasteiger partial charge is 0.320 e. The highest BCUT2D eigenvalue weighted by Crippen LogP contribution is 2.60. The van der Waals surface area contributed by atoms with Crippen LogP contribution in [0.4, 0.5) is 20.6 Å². The molecule has 6 aliphatic rings. The molecule has 2 unspecified atom stereocenters. The number of morpholine rings is 1. The van der Waals surface area contributed by atoms with E-state index in [1.165, 1.54) is 43.5 Å². The summed E-state index contributed by atoms with van der Waals surface area (Å²) < 4.78 is 18.9. The van der Waals surface area contributed by atoms with E-state index in [1.807, 2.05) is 29.2 Å². The minimum atomic E-state index is -1.41. The van der Waals surface area contributed by atoms with Gasteiger partial charge in [-0.2, -0.15) is 0 Å². The van der Waals surface area contributed by atoms with Crippen LogP contribution in [0.15, 0.2) is 48.5 Å². The number of halogens is 1. The fraction of sp³-hybridized carbons (Fsp3) is 0.576. The summed E-state index contributed by atoms with van der Waals surface area (Å²) in [5, 5.41) is 20.4. The lowest BCUT2D eigenvalue weighted by atomic mass is 9.49. The van der Waals surface area contributed by atoms with Gasteiger partial charge in [0.05, 0.1) is 13.2 Å². The Bertz CT molecular complexity index is 1300. The molecular weight excluding hydrogens is 549 g/mol. The van der Waals surface area contributed by atoms with Crippen LogP contribution in [0.3, 0.4) is 0 Å². The monoisotopic (exact) mass is 590 g/mol. The van der Waals surface area contributed by atoms with Crippen LogP contribution in [-0.4, -0.2) is 67.5 Å². The lowest BCUT2D eigenvalue weighted by Gasteiger charge is -2.58. The van der Waals surface area contributed by atoms with Gasteiger partial charge in [-0.05, 0) is 104 Å². The second-order valence-electron chi connectivity index (χ2n) is 13.5. The fourth-order valence-corrected chi connectivity index (χ4v) is 9.05. The zero-order valence-corrected chi connectivity index (χ0v) is 24.6. The first-order chi connectivity index (χ1) is 20.9. The Hall–Kier alpha value is -3.05. The fourth-order valence-electron chi connectivity index (χ4n) is 9.05. The maximum Gasteiger partial charge on any atom is 0.320 e. The second-order valence-corrected chi connectivity index (χ2v) is 13.5. The van der Waals surface area contributed by atoms with Gasteiger partial charge < -0.3 is 30.5 Å². The molecule has 9 nitrogen and oxygen atoms in total. The maximum absolute atomic E-state index is 14.5. The summed E-state index contributed by atoms with van der Waals surface area (Å²) in [7, 11) is 0. The number of benzene rings is 2.